The van der Waals surface area contributed by atoms with Crippen molar-refractivity contribution in [3.8, 4) is 67.3 Å². The van der Waals surface area contributed by atoms with Gasteiger partial charge in [-0.05, 0) is 96.7 Å². The highest BCUT2D eigenvalue weighted by atomic mass is 32.1. The molecule has 12 aromatic rings. The summed E-state index contributed by atoms with van der Waals surface area (Å²) in [4.78, 5) is 10.8. The number of aromatic nitrogens is 2. The average Bonchev–Trinajstić information content (AvgIpc) is 3.92. The lowest BCUT2D eigenvalue weighted by atomic mass is 9.67. The van der Waals surface area contributed by atoms with Gasteiger partial charge in [0.05, 0.1) is 16.8 Å². The predicted molar refractivity (Wildman–Crippen MR) is 277 cm³/mol. The summed E-state index contributed by atoms with van der Waals surface area (Å²) in [5, 5.41) is 4.83. The number of benzene rings is 10. The quantitative estimate of drug-likeness (QED) is 0.160. The van der Waals surface area contributed by atoms with Gasteiger partial charge in [0.1, 0.15) is 0 Å². The first kappa shape index (κ1) is 38.2. The molecule has 2 aromatic heterocycles. The number of nitrogens with zero attached hydrogens (tertiary/aromatic N) is 2. The lowest BCUT2D eigenvalue weighted by Crippen LogP contribution is -2.28. The number of fused-ring (bicyclic) bond motifs is 7. The standard InChI is InChI=1S/C63H40N2S/c1-4-16-41(17-5-1)42-28-30-43(31-29-42)58-40-59(45-32-34-53-52-25-13-15-27-60(52)66-61(53)39-45)65-62(64-58)54-36-35-48(49-22-10-11-23-50(49)54)44-33-37-57-55(38-44)51-24-12-14-26-56(51)63(57,46-18-6-2-7-19-46)47-20-8-3-9-21-47/h1-40H. The van der Waals surface area contributed by atoms with Gasteiger partial charge in [0.15, 0.2) is 5.82 Å². The van der Waals surface area contributed by atoms with Crippen molar-refractivity contribution in [3.05, 3.63) is 265 Å². The molecule has 0 N–H and O–H groups in total. The number of hydrogen-bond donors (Lipinski definition) is 0. The van der Waals surface area contributed by atoms with Crippen LogP contribution in [-0.4, -0.2) is 9.97 Å². The lowest BCUT2D eigenvalue weighted by molar-refractivity contribution is 0.768. The monoisotopic (exact) mass is 856 g/mol. The molecule has 13 rings (SSSR count). The van der Waals surface area contributed by atoms with Crippen molar-refractivity contribution < 1.29 is 0 Å². The Morgan fingerprint density at radius 2 is 0.803 bits per heavy atom. The van der Waals surface area contributed by atoms with E-state index in [9.17, 15) is 0 Å². The van der Waals surface area contributed by atoms with E-state index in [1.54, 1.807) is 0 Å². The summed E-state index contributed by atoms with van der Waals surface area (Å²) in [7, 11) is 0. The molecule has 0 fully saturated rings. The summed E-state index contributed by atoms with van der Waals surface area (Å²) in [5.41, 5.74) is 16.8. The van der Waals surface area contributed by atoms with Crippen LogP contribution < -0.4 is 0 Å². The minimum atomic E-state index is -0.442. The van der Waals surface area contributed by atoms with Crippen molar-refractivity contribution in [2.45, 2.75) is 5.41 Å². The molecule has 0 saturated carbocycles. The van der Waals surface area contributed by atoms with Gasteiger partial charge >= 0.3 is 0 Å². The highest BCUT2D eigenvalue weighted by molar-refractivity contribution is 7.25. The first-order valence-corrected chi connectivity index (χ1v) is 23.4. The topological polar surface area (TPSA) is 25.8 Å². The molecule has 1 aliphatic rings. The minimum absolute atomic E-state index is 0.442. The number of rotatable bonds is 7. The van der Waals surface area contributed by atoms with Gasteiger partial charge in [-0.15, -0.1) is 11.3 Å². The molecule has 1 aliphatic carbocycles. The smallest absolute Gasteiger partial charge is 0.161 e. The van der Waals surface area contributed by atoms with Crippen molar-refractivity contribution in [1.82, 2.24) is 9.97 Å². The maximum absolute atomic E-state index is 5.42. The Labute approximate surface area is 387 Å². The van der Waals surface area contributed by atoms with Crippen LogP contribution in [0.1, 0.15) is 22.3 Å². The van der Waals surface area contributed by atoms with E-state index in [-0.39, 0.29) is 0 Å². The van der Waals surface area contributed by atoms with Crippen molar-refractivity contribution in [2.75, 3.05) is 0 Å². The number of hydrogen-bond acceptors (Lipinski definition) is 3. The van der Waals surface area contributed by atoms with E-state index < -0.39 is 5.41 Å². The lowest BCUT2D eigenvalue weighted by Gasteiger charge is -2.33. The van der Waals surface area contributed by atoms with Gasteiger partial charge in [0, 0.05) is 36.9 Å². The molecule has 0 atom stereocenters. The van der Waals surface area contributed by atoms with Gasteiger partial charge in [0.25, 0.3) is 0 Å². The second-order valence-electron chi connectivity index (χ2n) is 17.2. The normalized spacial score (nSPS) is 12.7. The van der Waals surface area contributed by atoms with E-state index in [4.69, 9.17) is 9.97 Å². The highest BCUT2D eigenvalue weighted by Crippen LogP contribution is 2.57. The molecule has 0 unspecified atom stereocenters. The third-order valence-corrected chi connectivity index (χ3v) is 14.8. The zero-order valence-corrected chi connectivity index (χ0v) is 36.7. The molecule has 0 bridgehead atoms. The van der Waals surface area contributed by atoms with Crippen LogP contribution in [0.4, 0.5) is 0 Å². The van der Waals surface area contributed by atoms with E-state index in [0.717, 1.165) is 38.9 Å². The maximum Gasteiger partial charge on any atom is 0.161 e. The van der Waals surface area contributed by atoms with Gasteiger partial charge in [-0.25, -0.2) is 9.97 Å². The number of thiophene rings is 1. The highest BCUT2D eigenvalue weighted by Gasteiger charge is 2.46. The fourth-order valence-corrected chi connectivity index (χ4v) is 11.7. The van der Waals surface area contributed by atoms with Crippen molar-refractivity contribution in [3.63, 3.8) is 0 Å². The Morgan fingerprint density at radius 1 is 0.288 bits per heavy atom. The van der Waals surface area contributed by atoms with Crippen LogP contribution in [0.25, 0.3) is 98.2 Å². The second kappa shape index (κ2) is 15.5. The maximum atomic E-state index is 5.42. The summed E-state index contributed by atoms with van der Waals surface area (Å²) in [5.74, 6) is 0.701. The molecule has 0 aliphatic heterocycles. The summed E-state index contributed by atoms with van der Waals surface area (Å²) in [6.07, 6.45) is 0. The van der Waals surface area contributed by atoms with Gasteiger partial charge in [0.2, 0.25) is 0 Å². The fourth-order valence-electron chi connectivity index (χ4n) is 10.6. The van der Waals surface area contributed by atoms with E-state index in [2.05, 4.69) is 243 Å². The van der Waals surface area contributed by atoms with Crippen molar-refractivity contribution in [1.29, 1.82) is 0 Å². The minimum Gasteiger partial charge on any atom is -0.228 e. The van der Waals surface area contributed by atoms with Crippen LogP contribution in [0.3, 0.4) is 0 Å². The summed E-state index contributed by atoms with van der Waals surface area (Å²) in [6.45, 7) is 0. The van der Waals surface area contributed by atoms with Crippen molar-refractivity contribution in [2.24, 2.45) is 0 Å². The van der Waals surface area contributed by atoms with Gasteiger partial charge in [-0.3, -0.25) is 0 Å². The van der Waals surface area contributed by atoms with Gasteiger partial charge in [-0.1, -0.05) is 212 Å². The average molecular weight is 857 g/mol. The third kappa shape index (κ3) is 6.09. The van der Waals surface area contributed by atoms with Gasteiger partial charge < -0.3 is 0 Å². The van der Waals surface area contributed by atoms with E-state index in [1.807, 2.05) is 11.3 Å². The van der Waals surface area contributed by atoms with Crippen molar-refractivity contribution >= 4 is 42.3 Å². The van der Waals surface area contributed by atoms with Gasteiger partial charge in [-0.2, -0.15) is 0 Å². The molecule has 0 spiro atoms. The molecular weight excluding hydrogens is 817 g/mol. The summed E-state index contributed by atoms with van der Waals surface area (Å²) >= 11 is 1.83. The summed E-state index contributed by atoms with van der Waals surface area (Å²) < 4.78 is 2.54. The summed E-state index contributed by atoms with van der Waals surface area (Å²) in [6, 6.07) is 88.2. The zero-order chi connectivity index (χ0) is 43.6. The van der Waals surface area contributed by atoms with Crippen LogP contribution in [0.5, 0.6) is 0 Å². The van der Waals surface area contributed by atoms with Crippen LogP contribution >= 0.6 is 11.3 Å². The SMILES string of the molecule is c1ccc(-c2ccc(-c3cc(-c4ccc5c(c4)sc4ccccc45)nc(-c4ccc(-c5ccc6c(c5)-c5ccccc5C6(c5ccccc5)c5ccccc5)c5ccccc45)n3)cc2)cc1. The van der Waals surface area contributed by atoms with E-state index >= 15 is 0 Å². The van der Waals surface area contributed by atoms with Crippen LogP contribution in [0.15, 0.2) is 243 Å². The Kier molecular flexibility index (Phi) is 8.97. The predicted octanol–water partition coefficient (Wildman–Crippen LogP) is 16.7. The zero-order valence-electron chi connectivity index (χ0n) is 35.9. The molecule has 0 amide bonds. The van der Waals surface area contributed by atoms with Crippen LogP contribution in [-0.2, 0) is 5.41 Å². The molecule has 0 radical (unpaired) electrons. The van der Waals surface area contributed by atoms with Crippen LogP contribution in [0.2, 0.25) is 0 Å². The molecule has 308 valence electrons. The third-order valence-electron chi connectivity index (χ3n) is 13.6. The largest absolute Gasteiger partial charge is 0.228 e. The fraction of sp³-hybridized carbons (Fsp3) is 0.0159. The molecular formula is C63H40N2S. The Balaban J connectivity index is 0.971. The van der Waals surface area contributed by atoms with Crippen LogP contribution in [0, 0.1) is 0 Å². The first-order chi connectivity index (χ1) is 32.7. The molecule has 2 nitrogen and oxygen atoms in total. The van der Waals surface area contributed by atoms with E-state index in [1.165, 1.54) is 75.8 Å². The molecule has 2 heterocycles. The Morgan fingerprint density at radius 3 is 1.55 bits per heavy atom. The molecule has 3 heteroatoms. The van der Waals surface area contributed by atoms with E-state index in [0.29, 0.717) is 5.82 Å². The molecule has 66 heavy (non-hydrogen) atoms. The second-order valence-corrected chi connectivity index (χ2v) is 18.3. The Bertz CT molecular complexity index is 3760. The first-order valence-electron chi connectivity index (χ1n) is 22.6. The molecule has 10 aromatic carbocycles. The molecule has 0 saturated heterocycles. The Hall–Kier alpha value is -8.24.